The van der Waals surface area contributed by atoms with Crippen LogP contribution in [0.15, 0.2) is 33.9 Å². The van der Waals surface area contributed by atoms with E-state index in [1.165, 1.54) is 19.3 Å². The summed E-state index contributed by atoms with van der Waals surface area (Å²) < 4.78 is 0. The number of rotatable bonds is 5. The Bertz CT molecular complexity index is 894. The van der Waals surface area contributed by atoms with E-state index in [0.717, 1.165) is 24.5 Å². The van der Waals surface area contributed by atoms with Crippen LogP contribution in [0.1, 0.15) is 36.9 Å². The van der Waals surface area contributed by atoms with Gasteiger partial charge in [-0.15, -0.1) is 0 Å². The molecule has 0 bridgehead atoms. The molecule has 7 nitrogen and oxygen atoms in total. The van der Waals surface area contributed by atoms with Crippen LogP contribution in [0, 0.1) is 6.92 Å². The number of amides is 1. The van der Waals surface area contributed by atoms with Crippen LogP contribution in [-0.2, 0) is 11.2 Å². The predicted octanol–water partition coefficient (Wildman–Crippen LogP) is 1.93. The molecule has 2 heterocycles. The van der Waals surface area contributed by atoms with Gasteiger partial charge in [0, 0.05) is 42.1 Å². The lowest BCUT2D eigenvalue weighted by Gasteiger charge is -2.29. The number of nitrogens with one attached hydrogen (secondary N) is 3. The van der Waals surface area contributed by atoms with Gasteiger partial charge in [0.2, 0.25) is 5.91 Å². The number of piperidine rings is 1. The van der Waals surface area contributed by atoms with E-state index < -0.39 is 11.2 Å². The maximum absolute atomic E-state index is 12.3. The molecular weight excluding hydrogens is 332 g/mol. The Morgan fingerprint density at radius 3 is 2.65 bits per heavy atom. The first-order chi connectivity index (χ1) is 12.5. The van der Waals surface area contributed by atoms with Crippen molar-refractivity contribution >= 4 is 17.3 Å². The summed E-state index contributed by atoms with van der Waals surface area (Å²) in [4.78, 5) is 42.4. The lowest BCUT2D eigenvalue weighted by atomic mass is 10.1. The van der Waals surface area contributed by atoms with Crippen LogP contribution in [-0.4, -0.2) is 29.0 Å². The highest BCUT2D eigenvalue weighted by Gasteiger charge is 2.12. The SMILES string of the molecule is Cc1[nH]c(=O)[nH]c(=O)c1CCC(=O)Nc1cccc(N2CCCCC2)c1. The van der Waals surface area contributed by atoms with Crippen LogP contribution < -0.4 is 21.5 Å². The summed E-state index contributed by atoms with van der Waals surface area (Å²) in [7, 11) is 0. The van der Waals surface area contributed by atoms with Crippen LogP contribution in [0.3, 0.4) is 0 Å². The second-order valence-electron chi connectivity index (χ2n) is 6.66. The van der Waals surface area contributed by atoms with Crippen molar-refractivity contribution in [3.05, 3.63) is 56.4 Å². The number of aromatic amines is 2. The third kappa shape index (κ3) is 4.41. The fourth-order valence-electron chi connectivity index (χ4n) is 3.32. The maximum Gasteiger partial charge on any atom is 0.325 e. The van der Waals surface area contributed by atoms with E-state index in [0.29, 0.717) is 11.3 Å². The molecule has 2 aromatic rings. The third-order valence-corrected chi connectivity index (χ3v) is 4.71. The Kier molecular flexibility index (Phi) is 5.55. The zero-order valence-corrected chi connectivity index (χ0v) is 14.9. The van der Waals surface area contributed by atoms with Crippen molar-refractivity contribution in [2.75, 3.05) is 23.3 Å². The largest absolute Gasteiger partial charge is 0.371 e. The third-order valence-electron chi connectivity index (χ3n) is 4.71. The molecule has 0 radical (unpaired) electrons. The van der Waals surface area contributed by atoms with Crippen molar-refractivity contribution in [1.29, 1.82) is 0 Å². The number of aryl methyl sites for hydroxylation is 1. The van der Waals surface area contributed by atoms with Crippen molar-refractivity contribution in [2.45, 2.75) is 39.0 Å². The van der Waals surface area contributed by atoms with Gasteiger partial charge in [-0.1, -0.05) is 6.07 Å². The lowest BCUT2D eigenvalue weighted by Crippen LogP contribution is -2.29. The Balaban J connectivity index is 1.62. The van der Waals surface area contributed by atoms with Crippen molar-refractivity contribution in [3.8, 4) is 0 Å². The first-order valence-electron chi connectivity index (χ1n) is 9.00. The van der Waals surface area contributed by atoms with Crippen LogP contribution >= 0.6 is 0 Å². The minimum absolute atomic E-state index is 0.161. The zero-order valence-electron chi connectivity index (χ0n) is 14.9. The smallest absolute Gasteiger partial charge is 0.325 e. The molecule has 3 rings (SSSR count). The molecule has 1 aromatic carbocycles. The van der Waals surface area contributed by atoms with Crippen LogP contribution in [0.5, 0.6) is 0 Å². The van der Waals surface area contributed by atoms with Crippen molar-refractivity contribution in [3.63, 3.8) is 0 Å². The van der Waals surface area contributed by atoms with Crippen molar-refractivity contribution < 1.29 is 4.79 Å². The number of benzene rings is 1. The highest BCUT2D eigenvalue weighted by molar-refractivity contribution is 5.91. The van der Waals surface area contributed by atoms with Crippen molar-refractivity contribution in [2.24, 2.45) is 0 Å². The molecule has 1 aliphatic heterocycles. The Labute approximate surface area is 151 Å². The molecule has 0 unspecified atom stereocenters. The topological polar surface area (TPSA) is 98.1 Å². The number of anilines is 2. The molecular formula is C19H24N4O3. The maximum atomic E-state index is 12.3. The van der Waals surface area contributed by atoms with Gasteiger partial charge in [-0.2, -0.15) is 0 Å². The summed E-state index contributed by atoms with van der Waals surface area (Å²) in [5, 5.41) is 2.89. The number of carbonyl (C=O) groups excluding carboxylic acids is 1. The van der Waals surface area contributed by atoms with Gasteiger partial charge < -0.3 is 15.2 Å². The molecule has 3 N–H and O–H groups in total. The highest BCUT2D eigenvalue weighted by atomic mass is 16.2. The summed E-state index contributed by atoms with van der Waals surface area (Å²) in [5.74, 6) is -0.161. The molecule has 138 valence electrons. The number of carbonyl (C=O) groups is 1. The first kappa shape index (κ1) is 18.0. The van der Waals surface area contributed by atoms with E-state index in [1.54, 1.807) is 6.92 Å². The Morgan fingerprint density at radius 2 is 1.92 bits per heavy atom. The van der Waals surface area contributed by atoms with Crippen LogP contribution in [0.2, 0.25) is 0 Å². The van der Waals surface area contributed by atoms with E-state index in [1.807, 2.05) is 18.2 Å². The summed E-state index contributed by atoms with van der Waals surface area (Å²) in [6.07, 6.45) is 4.11. The monoisotopic (exact) mass is 356 g/mol. The van der Waals surface area contributed by atoms with Gasteiger partial charge in [0.05, 0.1) is 0 Å². The molecule has 1 fully saturated rings. The summed E-state index contributed by atoms with van der Waals surface area (Å²) in [6, 6.07) is 7.85. The minimum atomic E-state index is -0.532. The van der Waals surface area contributed by atoms with E-state index in [2.05, 4.69) is 26.3 Å². The fourth-order valence-corrected chi connectivity index (χ4v) is 3.32. The summed E-state index contributed by atoms with van der Waals surface area (Å²) in [6.45, 7) is 3.75. The molecule has 26 heavy (non-hydrogen) atoms. The van der Waals surface area contributed by atoms with Crippen molar-refractivity contribution in [1.82, 2.24) is 9.97 Å². The lowest BCUT2D eigenvalue weighted by molar-refractivity contribution is -0.116. The van der Waals surface area contributed by atoms with Gasteiger partial charge in [0.25, 0.3) is 5.56 Å². The number of H-pyrrole nitrogens is 2. The molecule has 1 aromatic heterocycles. The number of hydrogen-bond donors (Lipinski definition) is 3. The molecule has 0 spiro atoms. The van der Waals surface area contributed by atoms with Crippen LogP contribution in [0.4, 0.5) is 11.4 Å². The van der Waals surface area contributed by atoms with E-state index >= 15 is 0 Å². The minimum Gasteiger partial charge on any atom is -0.371 e. The molecule has 0 saturated carbocycles. The Hall–Kier alpha value is -2.83. The fraction of sp³-hybridized carbons (Fsp3) is 0.421. The van der Waals surface area contributed by atoms with Gasteiger partial charge in [0.1, 0.15) is 0 Å². The number of aromatic nitrogens is 2. The summed E-state index contributed by atoms with van der Waals surface area (Å²) >= 11 is 0. The average Bonchev–Trinajstić information content (AvgIpc) is 2.62. The number of nitrogens with zero attached hydrogens (tertiary/aromatic N) is 1. The molecule has 7 heteroatoms. The van der Waals surface area contributed by atoms with Gasteiger partial charge in [-0.3, -0.25) is 14.6 Å². The molecule has 1 saturated heterocycles. The van der Waals surface area contributed by atoms with Gasteiger partial charge in [0.15, 0.2) is 0 Å². The predicted molar refractivity (Wildman–Crippen MR) is 102 cm³/mol. The second kappa shape index (κ2) is 8.03. The molecule has 1 amide bonds. The highest BCUT2D eigenvalue weighted by Crippen LogP contribution is 2.23. The average molecular weight is 356 g/mol. The van der Waals surface area contributed by atoms with E-state index in [-0.39, 0.29) is 18.7 Å². The first-order valence-corrected chi connectivity index (χ1v) is 9.00. The van der Waals surface area contributed by atoms with E-state index in [9.17, 15) is 14.4 Å². The normalized spacial score (nSPS) is 14.3. The van der Waals surface area contributed by atoms with Crippen LogP contribution in [0.25, 0.3) is 0 Å². The second-order valence-corrected chi connectivity index (χ2v) is 6.66. The zero-order chi connectivity index (χ0) is 18.5. The molecule has 1 aliphatic rings. The quantitative estimate of drug-likeness (QED) is 0.762. The van der Waals surface area contributed by atoms with E-state index in [4.69, 9.17) is 0 Å². The standard InChI is InChI=1S/C19H24N4O3/c1-13-16(18(25)22-19(26)20-13)8-9-17(24)21-14-6-5-7-15(12-14)23-10-3-2-4-11-23/h5-7,12H,2-4,8-11H2,1H3,(H,21,24)(H2,20,22,25,26). The molecule has 0 atom stereocenters. The summed E-state index contributed by atoms with van der Waals surface area (Å²) in [5.41, 5.74) is 1.84. The number of hydrogen-bond acceptors (Lipinski definition) is 4. The van der Waals surface area contributed by atoms with Gasteiger partial charge in [-0.05, 0) is 50.8 Å². The van der Waals surface area contributed by atoms with Gasteiger partial charge in [-0.25, -0.2) is 4.79 Å². The Morgan fingerprint density at radius 1 is 1.15 bits per heavy atom. The van der Waals surface area contributed by atoms with Gasteiger partial charge >= 0.3 is 5.69 Å². The molecule has 0 aliphatic carbocycles.